The van der Waals surface area contributed by atoms with Crippen LogP contribution in [-0.2, 0) is 0 Å². The molecule has 1 saturated carbocycles. The van der Waals surface area contributed by atoms with Gasteiger partial charge >= 0.3 is 0 Å². The van der Waals surface area contributed by atoms with Crippen molar-refractivity contribution < 1.29 is 9.59 Å². The van der Waals surface area contributed by atoms with Crippen LogP contribution in [0.4, 0.5) is 0 Å². The summed E-state index contributed by atoms with van der Waals surface area (Å²) >= 11 is 0. The molecule has 20 heavy (non-hydrogen) atoms. The fraction of sp³-hybridized carbons (Fsp3) is 0.500. The minimum absolute atomic E-state index is 0.00569. The molecule has 0 radical (unpaired) electrons. The molecule has 0 aromatic heterocycles. The maximum absolute atomic E-state index is 12.6. The molecule has 3 rings (SSSR count). The Hall–Kier alpha value is -1.68. The molecule has 1 aromatic carbocycles. The molecule has 4 heteroatoms. The third-order valence-corrected chi connectivity index (χ3v) is 4.51. The number of rotatable bonds is 2. The monoisotopic (exact) mass is 272 g/mol. The van der Waals surface area contributed by atoms with Crippen molar-refractivity contribution in [3.63, 3.8) is 0 Å². The Morgan fingerprint density at radius 1 is 1.00 bits per heavy atom. The number of amides is 2. The first kappa shape index (κ1) is 13.3. The molecule has 2 aliphatic rings. The van der Waals surface area contributed by atoms with Gasteiger partial charge in [-0.05, 0) is 39.1 Å². The summed E-state index contributed by atoms with van der Waals surface area (Å²) in [5.41, 5.74) is 1.11. The molecule has 0 saturated heterocycles. The van der Waals surface area contributed by atoms with Gasteiger partial charge in [-0.2, -0.15) is 0 Å². The van der Waals surface area contributed by atoms with Crippen LogP contribution >= 0.6 is 0 Å². The quantitative estimate of drug-likeness (QED) is 0.775. The molecule has 2 atom stereocenters. The van der Waals surface area contributed by atoms with E-state index in [1.54, 1.807) is 12.1 Å². The highest BCUT2D eigenvalue weighted by Crippen LogP contribution is 2.32. The van der Waals surface area contributed by atoms with Gasteiger partial charge in [0.1, 0.15) is 0 Å². The van der Waals surface area contributed by atoms with Crippen molar-refractivity contribution in [1.82, 2.24) is 9.80 Å². The zero-order valence-corrected chi connectivity index (χ0v) is 12.0. The van der Waals surface area contributed by atoms with E-state index in [1.807, 2.05) is 26.2 Å². The van der Waals surface area contributed by atoms with E-state index in [1.165, 1.54) is 11.3 Å². The number of imide groups is 1. The fourth-order valence-corrected chi connectivity index (χ4v) is 3.50. The summed E-state index contributed by atoms with van der Waals surface area (Å²) in [5.74, 6) is -0.242. The molecule has 0 unspecified atom stereocenters. The Bertz CT molecular complexity index is 518. The normalized spacial score (nSPS) is 26.2. The summed E-state index contributed by atoms with van der Waals surface area (Å²) in [6, 6.07) is 7.42. The molecule has 1 heterocycles. The molecule has 0 spiro atoms. The zero-order valence-electron chi connectivity index (χ0n) is 12.0. The van der Waals surface area contributed by atoms with E-state index < -0.39 is 0 Å². The molecule has 1 aliphatic heterocycles. The Morgan fingerprint density at radius 3 is 2.10 bits per heavy atom. The highest BCUT2D eigenvalue weighted by molar-refractivity contribution is 6.21. The number of carbonyl (C=O) groups is 2. The summed E-state index contributed by atoms with van der Waals surface area (Å²) in [5, 5.41) is 0. The van der Waals surface area contributed by atoms with Crippen LogP contribution in [0.25, 0.3) is 0 Å². The molecule has 106 valence electrons. The highest BCUT2D eigenvalue weighted by atomic mass is 16.2. The average molecular weight is 272 g/mol. The molecule has 4 nitrogen and oxygen atoms in total. The molecular weight excluding hydrogens is 252 g/mol. The lowest BCUT2D eigenvalue weighted by Crippen LogP contribution is -2.53. The molecule has 0 bridgehead atoms. The van der Waals surface area contributed by atoms with Crippen molar-refractivity contribution in [2.45, 2.75) is 37.8 Å². The molecular formula is C16H20N2O2. The molecule has 2 amide bonds. The van der Waals surface area contributed by atoms with Gasteiger partial charge in [-0.15, -0.1) is 0 Å². The standard InChI is InChI=1S/C16H20N2O2/c1-17(2)13-9-5-6-10-14(13)18-15(19)11-7-3-4-8-12(11)16(18)20/h3-4,7-8,13-14H,5-6,9-10H2,1-2H3/t13-,14-/m1/s1. The van der Waals surface area contributed by atoms with Crippen molar-refractivity contribution in [3.8, 4) is 0 Å². The van der Waals surface area contributed by atoms with E-state index in [9.17, 15) is 9.59 Å². The highest BCUT2D eigenvalue weighted by Gasteiger charge is 2.43. The maximum atomic E-state index is 12.6. The van der Waals surface area contributed by atoms with Crippen LogP contribution < -0.4 is 0 Å². The zero-order chi connectivity index (χ0) is 14.3. The number of fused-ring (bicyclic) bond motifs is 1. The van der Waals surface area contributed by atoms with Crippen molar-refractivity contribution >= 4 is 11.8 Å². The van der Waals surface area contributed by atoms with E-state index in [0.717, 1.165) is 19.3 Å². The Labute approximate surface area is 119 Å². The first-order valence-corrected chi connectivity index (χ1v) is 7.24. The number of hydrogen-bond donors (Lipinski definition) is 0. The van der Waals surface area contributed by atoms with E-state index in [4.69, 9.17) is 0 Å². The second kappa shape index (κ2) is 5.02. The summed E-state index contributed by atoms with van der Waals surface area (Å²) in [7, 11) is 4.06. The van der Waals surface area contributed by atoms with Gasteiger partial charge in [-0.3, -0.25) is 14.5 Å². The van der Waals surface area contributed by atoms with E-state index in [0.29, 0.717) is 11.1 Å². The van der Waals surface area contributed by atoms with Crippen LogP contribution in [0.15, 0.2) is 24.3 Å². The molecule has 0 N–H and O–H groups in total. The predicted octanol–water partition coefficient (Wildman–Crippen LogP) is 2.16. The summed E-state index contributed by atoms with van der Waals surface area (Å²) in [4.78, 5) is 28.8. The molecule has 1 fully saturated rings. The second-order valence-electron chi connectivity index (χ2n) is 5.91. The largest absolute Gasteiger partial charge is 0.304 e. The summed E-state index contributed by atoms with van der Waals surface area (Å²) in [6.07, 6.45) is 4.21. The van der Waals surface area contributed by atoms with E-state index in [2.05, 4.69) is 4.90 Å². The van der Waals surface area contributed by atoms with Crippen LogP contribution in [0.5, 0.6) is 0 Å². The Kier molecular flexibility index (Phi) is 3.34. The molecule has 1 aliphatic carbocycles. The summed E-state index contributed by atoms with van der Waals surface area (Å²) < 4.78 is 0. The average Bonchev–Trinajstić information content (AvgIpc) is 2.71. The van der Waals surface area contributed by atoms with Gasteiger partial charge in [0.05, 0.1) is 17.2 Å². The van der Waals surface area contributed by atoms with Gasteiger partial charge in [0.2, 0.25) is 0 Å². The van der Waals surface area contributed by atoms with E-state index >= 15 is 0 Å². The number of benzene rings is 1. The predicted molar refractivity (Wildman–Crippen MR) is 76.7 cm³/mol. The van der Waals surface area contributed by atoms with Crippen LogP contribution in [0.1, 0.15) is 46.4 Å². The first-order valence-electron chi connectivity index (χ1n) is 7.24. The van der Waals surface area contributed by atoms with Gasteiger partial charge in [0, 0.05) is 6.04 Å². The minimum Gasteiger partial charge on any atom is -0.304 e. The number of hydrogen-bond acceptors (Lipinski definition) is 3. The van der Waals surface area contributed by atoms with Crippen LogP contribution in [-0.4, -0.2) is 47.8 Å². The first-order chi connectivity index (χ1) is 9.61. The van der Waals surface area contributed by atoms with Gasteiger partial charge in [-0.25, -0.2) is 0 Å². The van der Waals surface area contributed by atoms with Gasteiger partial charge in [0.25, 0.3) is 11.8 Å². The topological polar surface area (TPSA) is 40.6 Å². The van der Waals surface area contributed by atoms with Crippen LogP contribution in [0.2, 0.25) is 0 Å². The lowest BCUT2D eigenvalue weighted by atomic mass is 9.88. The second-order valence-corrected chi connectivity index (χ2v) is 5.91. The van der Waals surface area contributed by atoms with Crippen molar-refractivity contribution in [2.75, 3.05) is 14.1 Å². The number of likely N-dealkylation sites (N-methyl/N-ethyl adjacent to an activating group) is 1. The van der Waals surface area contributed by atoms with E-state index in [-0.39, 0.29) is 23.9 Å². The third-order valence-electron chi connectivity index (χ3n) is 4.51. The maximum Gasteiger partial charge on any atom is 0.261 e. The number of nitrogens with zero attached hydrogens (tertiary/aromatic N) is 2. The van der Waals surface area contributed by atoms with Gasteiger partial charge < -0.3 is 4.90 Å². The fourth-order valence-electron chi connectivity index (χ4n) is 3.50. The van der Waals surface area contributed by atoms with Crippen LogP contribution in [0.3, 0.4) is 0 Å². The lowest BCUT2D eigenvalue weighted by Gasteiger charge is -2.40. The minimum atomic E-state index is -0.121. The van der Waals surface area contributed by atoms with Crippen molar-refractivity contribution in [3.05, 3.63) is 35.4 Å². The summed E-state index contributed by atoms with van der Waals surface area (Å²) in [6.45, 7) is 0. The Balaban J connectivity index is 1.95. The Morgan fingerprint density at radius 2 is 1.55 bits per heavy atom. The third kappa shape index (κ3) is 1.95. The lowest BCUT2D eigenvalue weighted by molar-refractivity contribution is 0.0419. The van der Waals surface area contributed by atoms with Gasteiger partial charge in [-0.1, -0.05) is 25.0 Å². The number of carbonyl (C=O) groups excluding carboxylic acids is 2. The van der Waals surface area contributed by atoms with Crippen molar-refractivity contribution in [1.29, 1.82) is 0 Å². The SMILES string of the molecule is CN(C)[C@@H]1CCCC[C@H]1N1C(=O)c2ccccc2C1=O. The van der Waals surface area contributed by atoms with Crippen molar-refractivity contribution in [2.24, 2.45) is 0 Å². The van der Waals surface area contributed by atoms with Crippen LogP contribution in [0, 0.1) is 0 Å². The smallest absolute Gasteiger partial charge is 0.261 e. The molecule has 1 aromatic rings. The van der Waals surface area contributed by atoms with Gasteiger partial charge in [0.15, 0.2) is 0 Å².